The highest BCUT2D eigenvalue weighted by Crippen LogP contribution is 2.36. The third-order valence-electron chi connectivity index (χ3n) is 4.82. The van der Waals surface area contributed by atoms with Gasteiger partial charge < -0.3 is 5.32 Å². The van der Waals surface area contributed by atoms with Crippen molar-refractivity contribution in [3.63, 3.8) is 0 Å². The van der Waals surface area contributed by atoms with Gasteiger partial charge in [-0.1, -0.05) is 30.3 Å². The molecule has 0 spiro atoms. The van der Waals surface area contributed by atoms with E-state index in [0.717, 1.165) is 18.4 Å². The van der Waals surface area contributed by atoms with Crippen molar-refractivity contribution in [3.05, 3.63) is 35.9 Å². The van der Waals surface area contributed by atoms with Crippen LogP contribution in [0.25, 0.3) is 0 Å². The fourth-order valence-electron chi connectivity index (χ4n) is 3.55. The molecule has 1 saturated heterocycles. The van der Waals surface area contributed by atoms with E-state index in [0.29, 0.717) is 6.04 Å². The van der Waals surface area contributed by atoms with Gasteiger partial charge in [0, 0.05) is 25.2 Å². The van der Waals surface area contributed by atoms with Crippen LogP contribution in [0.1, 0.15) is 24.8 Å². The Hall–Kier alpha value is -0.510. The van der Waals surface area contributed by atoms with Crippen molar-refractivity contribution in [1.82, 2.24) is 10.2 Å². The lowest BCUT2D eigenvalue weighted by molar-refractivity contribution is 0.115. The molecular formula is C18H28N2S. The molecule has 2 fully saturated rings. The van der Waals surface area contributed by atoms with Crippen LogP contribution in [0.3, 0.4) is 0 Å². The SMILES string of the molecule is CSCCCN1CC(Cc2ccccc2)NCC1C1CC1. The maximum atomic E-state index is 3.81. The van der Waals surface area contributed by atoms with Gasteiger partial charge in [0.2, 0.25) is 0 Å². The number of nitrogens with zero attached hydrogens (tertiary/aromatic N) is 1. The molecule has 1 aliphatic heterocycles. The molecule has 0 amide bonds. The number of benzene rings is 1. The Balaban J connectivity index is 1.55. The molecule has 3 heteroatoms. The maximum absolute atomic E-state index is 3.81. The fraction of sp³-hybridized carbons (Fsp3) is 0.667. The molecule has 3 rings (SSSR count). The molecule has 1 aromatic carbocycles. The number of hydrogen-bond acceptors (Lipinski definition) is 3. The first-order valence-electron chi connectivity index (χ1n) is 8.37. The number of hydrogen-bond donors (Lipinski definition) is 1. The molecule has 2 unspecified atom stereocenters. The summed E-state index contributed by atoms with van der Waals surface area (Å²) >= 11 is 1.98. The van der Waals surface area contributed by atoms with Crippen LogP contribution in [0.2, 0.25) is 0 Å². The van der Waals surface area contributed by atoms with E-state index < -0.39 is 0 Å². The zero-order valence-corrected chi connectivity index (χ0v) is 13.9. The highest BCUT2D eigenvalue weighted by Gasteiger charge is 2.38. The summed E-state index contributed by atoms with van der Waals surface area (Å²) in [5.74, 6) is 2.27. The first-order valence-corrected chi connectivity index (χ1v) is 9.76. The van der Waals surface area contributed by atoms with Crippen LogP contribution in [0.4, 0.5) is 0 Å². The second kappa shape index (κ2) is 7.66. The molecule has 1 saturated carbocycles. The van der Waals surface area contributed by atoms with Crippen LogP contribution in [-0.4, -0.2) is 48.6 Å². The molecule has 2 nitrogen and oxygen atoms in total. The summed E-state index contributed by atoms with van der Waals surface area (Å²) in [4.78, 5) is 2.79. The monoisotopic (exact) mass is 304 g/mol. The molecule has 0 bridgehead atoms. The Kier molecular flexibility index (Phi) is 5.61. The van der Waals surface area contributed by atoms with Crippen LogP contribution in [0, 0.1) is 5.92 Å². The Labute approximate surface area is 133 Å². The molecule has 1 aromatic rings. The van der Waals surface area contributed by atoms with E-state index in [2.05, 4.69) is 46.8 Å². The van der Waals surface area contributed by atoms with Crippen molar-refractivity contribution in [2.75, 3.05) is 31.6 Å². The molecule has 0 radical (unpaired) electrons. The molecule has 21 heavy (non-hydrogen) atoms. The topological polar surface area (TPSA) is 15.3 Å². The molecule has 1 aliphatic carbocycles. The lowest BCUT2D eigenvalue weighted by Crippen LogP contribution is -2.58. The van der Waals surface area contributed by atoms with Crippen LogP contribution >= 0.6 is 11.8 Å². The van der Waals surface area contributed by atoms with Gasteiger partial charge in [-0.15, -0.1) is 0 Å². The summed E-state index contributed by atoms with van der Waals surface area (Å²) in [7, 11) is 0. The van der Waals surface area contributed by atoms with Gasteiger partial charge in [0.05, 0.1) is 0 Å². The minimum absolute atomic E-state index is 0.622. The van der Waals surface area contributed by atoms with Crippen LogP contribution in [0.5, 0.6) is 0 Å². The van der Waals surface area contributed by atoms with E-state index in [4.69, 9.17) is 0 Å². The van der Waals surface area contributed by atoms with Gasteiger partial charge in [-0.2, -0.15) is 11.8 Å². The molecule has 1 N–H and O–H groups in total. The van der Waals surface area contributed by atoms with E-state index >= 15 is 0 Å². The van der Waals surface area contributed by atoms with E-state index in [-0.39, 0.29) is 0 Å². The smallest absolute Gasteiger partial charge is 0.0249 e. The standard InChI is InChI=1S/C18H28N2S/c1-21-11-5-10-20-14-17(12-15-6-3-2-4-7-15)19-13-18(20)16-8-9-16/h2-4,6-7,16-19H,5,8-14H2,1H3. The summed E-state index contributed by atoms with van der Waals surface area (Å²) in [6.45, 7) is 3.71. The van der Waals surface area contributed by atoms with Crippen molar-refractivity contribution in [3.8, 4) is 0 Å². The average molecular weight is 305 g/mol. The number of nitrogens with one attached hydrogen (secondary N) is 1. The zero-order chi connectivity index (χ0) is 14.5. The normalized spacial score (nSPS) is 26.9. The molecule has 1 heterocycles. The fourth-order valence-corrected chi connectivity index (χ4v) is 3.97. The molecule has 2 atom stereocenters. The van der Waals surface area contributed by atoms with Crippen molar-refractivity contribution in [2.45, 2.75) is 37.8 Å². The maximum Gasteiger partial charge on any atom is 0.0249 e. The van der Waals surface area contributed by atoms with Gasteiger partial charge in [-0.05, 0) is 55.7 Å². The lowest BCUT2D eigenvalue weighted by Gasteiger charge is -2.41. The number of rotatable bonds is 7. The van der Waals surface area contributed by atoms with E-state index in [1.807, 2.05) is 11.8 Å². The van der Waals surface area contributed by atoms with Crippen molar-refractivity contribution >= 4 is 11.8 Å². The second-order valence-electron chi connectivity index (χ2n) is 6.54. The van der Waals surface area contributed by atoms with E-state index in [9.17, 15) is 0 Å². The van der Waals surface area contributed by atoms with Gasteiger partial charge >= 0.3 is 0 Å². The van der Waals surface area contributed by atoms with Gasteiger partial charge in [0.15, 0.2) is 0 Å². The Morgan fingerprint density at radius 3 is 2.76 bits per heavy atom. The Bertz CT molecular complexity index is 418. The minimum atomic E-state index is 0.622. The van der Waals surface area contributed by atoms with Gasteiger partial charge in [-0.25, -0.2) is 0 Å². The van der Waals surface area contributed by atoms with Crippen molar-refractivity contribution in [2.24, 2.45) is 5.92 Å². The van der Waals surface area contributed by atoms with Crippen molar-refractivity contribution in [1.29, 1.82) is 0 Å². The quantitative estimate of drug-likeness (QED) is 0.780. The summed E-state index contributed by atoms with van der Waals surface area (Å²) in [5.41, 5.74) is 1.46. The van der Waals surface area contributed by atoms with Gasteiger partial charge in [-0.3, -0.25) is 4.90 Å². The molecule has 2 aliphatic rings. The largest absolute Gasteiger partial charge is 0.311 e. The minimum Gasteiger partial charge on any atom is -0.311 e. The number of piperazine rings is 1. The Morgan fingerprint density at radius 2 is 2.05 bits per heavy atom. The third kappa shape index (κ3) is 4.48. The third-order valence-corrected chi connectivity index (χ3v) is 5.52. The van der Waals surface area contributed by atoms with Gasteiger partial charge in [0.1, 0.15) is 0 Å². The predicted molar refractivity (Wildman–Crippen MR) is 93.0 cm³/mol. The molecule has 116 valence electrons. The van der Waals surface area contributed by atoms with Crippen LogP contribution < -0.4 is 5.32 Å². The highest BCUT2D eigenvalue weighted by atomic mass is 32.2. The second-order valence-corrected chi connectivity index (χ2v) is 7.53. The summed E-state index contributed by atoms with van der Waals surface area (Å²) in [6, 6.07) is 12.4. The van der Waals surface area contributed by atoms with Crippen LogP contribution in [0.15, 0.2) is 30.3 Å². The zero-order valence-electron chi connectivity index (χ0n) is 13.1. The highest BCUT2D eigenvalue weighted by molar-refractivity contribution is 7.98. The first kappa shape index (κ1) is 15.4. The summed E-state index contributed by atoms with van der Waals surface area (Å²) in [5, 5.41) is 3.81. The van der Waals surface area contributed by atoms with Gasteiger partial charge in [0.25, 0.3) is 0 Å². The lowest BCUT2D eigenvalue weighted by atomic mass is 9.99. The van der Waals surface area contributed by atoms with E-state index in [1.54, 1.807) is 0 Å². The Morgan fingerprint density at radius 1 is 1.24 bits per heavy atom. The molecule has 0 aromatic heterocycles. The summed E-state index contributed by atoms with van der Waals surface area (Å²) in [6.07, 6.45) is 7.62. The number of thioether (sulfide) groups is 1. The van der Waals surface area contributed by atoms with E-state index in [1.165, 1.54) is 50.2 Å². The average Bonchev–Trinajstić information content (AvgIpc) is 3.34. The predicted octanol–water partition coefficient (Wildman–Crippen LogP) is 3.03. The van der Waals surface area contributed by atoms with Crippen LogP contribution in [-0.2, 0) is 6.42 Å². The first-order chi connectivity index (χ1) is 10.4. The molecular weight excluding hydrogens is 276 g/mol. The van der Waals surface area contributed by atoms with Crippen molar-refractivity contribution < 1.29 is 0 Å². The summed E-state index contributed by atoms with van der Waals surface area (Å²) < 4.78 is 0.